The van der Waals surface area contributed by atoms with Crippen LogP contribution in [0.3, 0.4) is 0 Å². The lowest BCUT2D eigenvalue weighted by atomic mass is 10.0. The minimum Gasteiger partial charge on any atom is -0.385 e. The molecule has 1 N–H and O–H groups in total. The Kier molecular flexibility index (Phi) is 5.18. The van der Waals surface area contributed by atoms with Gasteiger partial charge >= 0.3 is 0 Å². The van der Waals surface area contributed by atoms with Gasteiger partial charge in [0.1, 0.15) is 5.60 Å². The number of hydrogen-bond acceptors (Lipinski definition) is 5. The van der Waals surface area contributed by atoms with Crippen LogP contribution in [0.15, 0.2) is 12.4 Å². The van der Waals surface area contributed by atoms with Gasteiger partial charge in [0.05, 0.1) is 13.2 Å². The number of aromatic nitrogens is 2. The molecule has 2 rings (SSSR count). The number of imidazole rings is 1. The van der Waals surface area contributed by atoms with E-state index in [2.05, 4.69) is 14.9 Å². The van der Waals surface area contributed by atoms with E-state index in [1.165, 1.54) is 0 Å². The van der Waals surface area contributed by atoms with Gasteiger partial charge in [-0.05, 0) is 6.42 Å². The third kappa shape index (κ3) is 3.68. The fourth-order valence-electron chi connectivity index (χ4n) is 2.27. The van der Waals surface area contributed by atoms with Crippen LogP contribution in [0.25, 0.3) is 0 Å². The Bertz CT molecular complexity index is 375. The lowest BCUT2D eigenvalue weighted by Gasteiger charge is -2.26. The van der Waals surface area contributed by atoms with E-state index in [0.29, 0.717) is 6.61 Å². The van der Waals surface area contributed by atoms with Gasteiger partial charge in [-0.25, -0.2) is 4.98 Å². The molecule has 1 aromatic heterocycles. The van der Waals surface area contributed by atoms with Gasteiger partial charge < -0.3 is 24.1 Å². The molecule has 1 saturated heterocycles. The molecule has 0 amide bonds. The van der Waals surface area contributed by atoms with Crippen LogP contribution in [-0.4, -0.2) is 55.7 Å². The van der Waals surface area contributed by atoms with Crippen molar-refractivity contribution in [1.29, 1.82) is 0 Å². The molecular formula is C13H23N3O3. The van der Waals surface area contributed by atoms with E-state index in [4.69, 9.17) is 14.2 Å². The number of nitrogens with zero attached hydrogens (tertiary/aromatic N) is 2. The van der Waals surface area contributed by atoms with E-state index in [-0.39, 0.29) is 5.60 Å². The summed E-state index contributed by atoms with van der Waals surface area (Å²) in [5, 5.41) is 3.32. The quantitative estimate of drug-likeness (QED) is 0.717. The first-order chi connectivity index (χ1) is 9.29. The second-order valence-corrected chi connectivity index (χ2v) is 4.84. The first-order valence-electron chi connectivity index (χ1n) is 6.66. The molecule has 6 nitrogen and oxygen atoms in total. The predicted molar refractivity (Wildman–Crippen MR) is 72.4 cm³/mol. The summed E-state index contributed by atoms with van der Waals surface area (Å²) in [7, 11) is 3.46. The fourth-order valence-corrected chi connectivity index (χ4v) is 2.27. The van der Waals surface area contributed by atoms with Gasteiger partial charge in [0.2, 0.25) is 5.95 Å². The van der Waals surface area contributed by atoms with Crippen LogP contribution in [0.1, 0.15) is 12.8 Å². The van der Waals surface area contributed by atoms with Crippen molar-refractivity contribution < 1.29 is 14.2 Å². The van der Waals surface area contributed by atoms with Crippen molar-refractivity contribution in [2.24, 2.45) is 0 Å². The van der Waals surface area contributed by atoms with E-state index >= 15 is 0 Å². The SMILES string of the molecule is COCCCNc1nccn1CC1(OC)CCOC1. The average molecular weight is 269 g/mol. The molecule has 1 fully saturated rings. The van der Waals surface area contributed by atoms with Crippen LogP contribution in [0.4, 0.5) is 5.95 Å². The summed E-state index contributed by atoms with van der Waals surface area (Å²) in [6.45, 7) is 3.77. The van der Waals surface area contributed by atoms with Crippen molar-refractivity contribution in [1.82, 2.24) is 9.55 Å². The Morgan fingerprint density at radius 2 is 2.42 bits per heavy atom. The van der Waals surface area contributed by atoms with Crippen molar-refractivity contribution in [2.75, 3.05) is 45.9 Å². The summed E-state index contributed by atoms with van der Waals surface area (Å²) < 4.78 is 18.2. The number of ether oxygens (including phenoxy) is 3. The average Bonchev–Trinajstić information content (AvgIpc) is 3.06. The van der Waals surface area contributed by atoms with Crippen LogP contribution < -0.4 is 5.32 Å². The summed E-state index contributed by atoms with van der Waals surface area (Å²) in [6.07, 6.45) is 5.66. The lowest BCUT2D eigenvalue weighted by molar-refractivity contribution is -0.0291. The Morgan fingerprint density at radius 3 is 3.11 bits per heavy atom. The zero-order chi connectivity index (χ0) is 13.6. The summed E-state index contributed by atoms with van der Waals surface area (Å²) in [4.78, 5) is 4.34. The van der Waals surface area contributed by atoms with E-state index in [9.17, 15) is 0 Å². The highest BCUT2D eigenvalue weighted by Gasteiger charge is 2.35. The Hall–Kier alpha value is -1.11. The van der Waals surface area contributed by atoms with Crippen LogP contribution in [-0.2, 0) is 20.8 Å². The highest BCUT2D eigenvalue weighted by atomic mass is 16.5. The van der Waals surface area contributed by atoms with Crippen LogP contribution in [0.5, 0.6) is 0 Å². The summed E-state index contributed by atoms with van der Waals surface area (Å²) >= 11 is 0. The second-order valence-electron chi connectivity index (χ2n) is 4.84. The number of anilines is 1. The molecular weight excluding hydrogens is 246 g/mol. The molecule has 1 aliphatic heterocycles. The molecule has 1 aromatic rings. The van der Waals surface area contributed by atoms with Gasteiger partial charge in [-0.2, -0.15) is 0 Å². The first kappa shape index (κ1) is 14.3. The van der Waals surface area contributed by atoms with E-state index in [0.717, 1.165) is 45.1 Å². The van der Waals surface area contributed by atoms with Crippen molar-refractivity contribution in [3.63, 3.8) is 0 Å². The minimum absolute atomic E-state index is 0.219. The Labute approximate surface area is 114 Å². The molecule has 108 valence electrons. The molecule has 0 aliphatic carbocycles. The monoisotopic (exact) mass is 269 g/mol. The molecule has 1 aliphatic rings. The largest absolute Gasteiger partial charge is 0.385 e. The van der Waals surface area contributed by atoms with E-state index in [1.54, 1.807) is 20.4 Å². The number of methoxy groups -OCH3 is 2. The van der Waals surface area contributed by atoms with Gasteiger partial charge in [0.25, 0.3) is 0 Å². The van der Waals surface area contributed by atoms with Gasteiger partial charge in [0, 0.05) is 52.8 Å². The minimum atomic E-state index is -0.219. The number of hydrogen-bond donors (Lipinski definition) is 1. The molecule has 1 unspecified atom stereocenters. The zero-order valence-corrected chi connectivity index (χ0v) is 11.7. The van der Waals surface area contributed by atoms with E-state index < -0.39 is 0 Å². The molecule has 2 heterocycles. The Balaban J connectivity index is 1.91. The fraction of sp³-hybridized carbons (Fsp3) is 0.769. The van der Waals surface area contributed by atoms with Crippen molar-refractivity contribution in [3.05, 3.63) is 12.4 Å². The molecule has 0 spiro atoms. The number of nitrogens with one attached hydrogen (secondary N) is 1. The standard InChI is InChI=1S/C13H23N3O3/c1-17-8-3-5-14-12-15-6-7-16(12)10-13(18-2)4-9-19-11-13/h6-7H,3-5,8-11H2,1-2H3,(H,14,15). The van der Waals surface area contributed by atoms with Gasteiger partial charge in [0.15, 0.2) is 0 Å². The van der Waals surface area contributed by atoms with Gasteiger partial charge in [-0.1, -0.05) is 0 Å². The van der Waals surface area contributed by atoms with Crippen LogP contribution >= 0.6 is 0 Å². The lowest BCUT2D eigenvalue weighted by Crippen LogP contribution is -2.37. The third-order valence-electron chi connectivity index (χ3n) is 3.48. The zero-order valence-electron chi connectivity index (χ0n) is 11.7. The normalized spacial score (nSPS) is 22.8. The molecule has 6 heteroatoms. The number of rotatable bonds is 8. The summed E-state index contributed by atoms with van der Waals surface area (Å²) in [6, 6.07) is 0. The molecule has 1 atom stereocenters. The molecule has 0 radical (unpaired) electrons. The van der Waals surface area contributed by atoms with Crippen molar-refractivity contribution in [2.45, 2.75) is 25.0 Å². The van der Waals surface area contributed by atoms with Gasteiger partial charge in [-0.15, -0.1) is 0 Å². The van der Waals surface area contributed by atoms with Crippen molar-refractivity contribution in [3.8, 4) is 0 Å². The molecule has 0 saturated carbocycles. The van der Waals surface area contributed by atoms with Crippen molar-refractivity contribution >= 4 is 5.95 Å². The maximum absolute atomic E-state index is 5.65. The maximum atomic E-state index is 5.65. The predicted octanol–water partition coefficient (Wildman–Crippen LogP) is 1.14. The smallest absolute Gasteiger partial charge is 0.202 e. The van der Waals surface area contributed by atoms with Crippen LogP contribution in [0, 0.1) is 0 Å². The topological polar surface area (TPSA) is 57.5 Å². The summed E-state index contributed by atoms with van der Waals surface area (Å²) in [5.41, 5.74) is -0.219. The van der Waals surface area contributed by atoms with Gasteiger partial charge in [-0.3, -0.25) is 0 Å². The second kappa shape index (κ2) is 6.88. The highest BCUT2D eigenvalue weighted by Crippen LogP contribution is 2.25. The third-order valence-corrected chi connectivity index (χ3v) is 3.48. The molecule has 0 aromatic carbocycles. The first-order valence-corrected chi connectivity index (χ1v) is 6.66. The summed E-state index contributed by atoms with van der Waals surface area (Å²) in [5.74, 6) is 0.874. The highest BCUT2D eigenvalue weighted by molar-refractivity contribution is 5.26. The maximum Gasteiger partial charge on any atom is 0.202 e. The van der Waals surface area contributed by atoms with E-state index in [1.807, 2.05) is 6.20 Å². The molecule has 0 bridgehead atoms. The van der Waals surface area contributed by atoms with Crippen LogP contribution in [0.2, 0.25) is 0 Å². The molecule has 19 heavy (non-hydrogen) atoms. The Morgan fingerprint density at radius 1 is 1.53 bits per heavy atom.